The summed E-state index contributed by atoms with van der Waals surface area (Å²) in [7, 11) is 0. The zero-order chi connectivity index (χ0) is 30.5. The topological polar surface area (TPSA) is 57.4 Å². The molecule has 5 heteroatoms. The van der Waals surface area contributed by atoms with Crippen LogP contribution in [0, 0.1) is 13.8 Å². The van der Waals surface area contributed by atoms with Gasteiger partial charge in [0.15, 0.2) is 0 Å². The van der Waals surface area contributed by atoms with Crippen LogP contribution in [0.25, 0.3) is 79.8 Å². The van der Waals surface area contributed by atoms with Gasteiger partial charge < -0.3 is 9.97 Å². The third-order valence-corrected chi connectivity index (χ3v) is 9.27. The number of hydrogen-bond donors (Lipinski definition) is 2. The molecule has 0 amide bonds. The van der Waals surface area contributed by atoms with Crippen LogP contribution in [0.1, 0.15) is 33.9 Å². The monoisotopic (exact) mass is 644 g/mol. The van der Waals surface area contributed by atoms with Crippen LogP contribution in [-0.2, 0) is 0 Å². The molecule has 0 saturated heterocycles. The quantitative estimate of drug-likeness (QED) is 0.201. The number of benzene rings is 3. The van der Waals surface area contributed by atoms with Crippen LogP contribution in [0.4, 0.5) is 0 Å². The van der Waals surface area contributed by atoms with Gasteiger partial charge in [0.2, 0.25) is 0 Å². The summed E-state index contributed by atoms with van der Waals surface area (Å²) in [6, 6.07) is 36.3. The van der Waals surface area contributed by atoms with Crippen molar-refractivity contribution in [1.82, 2.24) is 19.9 Å². The molecule has 3 aromatic carbocycles. The molecular weight excluding hydrogens is 616 g/mol. The lowest BCUT2D eigenvalue weighted by Gasteiger charge is -2.06. The lowest BCUT2D eigenvalue weighted by Crippen LogP contribution is -1.89. The van der Waals surface area contributed by atoms with Crippen LogP contribution >= 0.6 is 15.9 Å². The summed E-state index contributed by atoms with van der Waals surface area (Å²) < 4.78 is 0.904. The molecule has 0 radical (unpaired) electrons. The van der Waals surface area contributed by atoms with E-state index in [-0.39, 0.29) is 0 Å². The van der Waals surface area contributed by atoms with Crippen molar-refractivity contribution in [2.75, 3.05) is 0 Å². The van der Waals surface area contributed by atoms with Crippen molar-refractivity contribution in [2.45, 2.75) is 13.8 Å². The number of aromatic amines is 2. The van der Waals surface area contributed by atoms with Crippen molar-refractivity contribution in [3.05, 3.63) is 142 Å². The first-order valence-electron chi connectivity index (χ1n) is 15.0. The van der Waals surface area contributed by atoms with Crippen LogP contribution in [0.3, 0.4) is 0 Å². The van der Waals surface area contributed by atoms with Crippen molar-refractivity contribution in [3.63, 3.8) is 0 Å². The first-order chi connectivity index (χ1) is 22.0. The van der Waals surface area contributed by atoms with Gasteiger partial charge in [0.05, 0.1) is 32.8 Å². The number of halogens is 1. The maximum Gasteiger partial charge on any atom is 0.0801 e. The molecule has 6 aromatic rings. The lowest BCUT2D eigenvalue weighted by molar-refractivity contribution is 1.30. The Morgan fingerprint density at radius 3 is 1.29 bits per heavy atom. The van der Waals surface area contributed by atoms with Gasteiger partial charge in [-0.3, -0.25) is 0 Å². The number of hydrogen-bond acceptors (Lipinski definition) is 2. The van der Waals surface area contributed by atoms with Crippen molar-refractivity contribution < 1.29 is 0 Å². The van der Waals surface area contributed by atoms with E-state index in [1.54, 1.807) is 0 Å². The van der Waals surface area contributed by atoms with Crippen molar-refractivity contribution in [1.29, 1.82) is 0 Å². The SMILES string of the molecule is Cc1ccc(-c2c3nc(c(-c4ccccc4)c4ccc([nH]4)c(-c4ccc(C)cc4)c4nc(c(Br)c5ccc2[nH]5)C=C4)C=C3)cc1. The second-order valence-electron chi connectivity index (χ2n) is 11.5. The molecule has 216 valence electrons. The average Bonchev–Trinajstić information content (AvgIpc) is 3.89. The number of H-pyrrole nitrogens is 2. The fourth-order valence-corrected chi connectivity index (χ4v) is 6.58. The number of fused-ring (bicyclic) bond motifs is 8. The van der Waals surface area contributed by atoms with E-state index < -0.39 is 0 Å². The Balaban J connectivity index is 1.55. The molecule has 2 aliphatic rings. The van der Waals surface area contributed by atoms with Crippen molar-refractivity contribution in [3.8, 4) is 33.4 Å². The molecule has 0 atom stereocenters. The molecule has 5 heterocycles. The van der Waals surface area contributed by atoms with E-state index >= 15 is 0 Å². The summed E-state index contributed by atoms with van der Waals surface area (Å²) >= 11 is 3.88. The number of aromatic nitrogens is 4. The van der Waals surface area contributed by atoms with Gasteiger partial charge in [0, 0.05) is 33.2 Å². The highest BCUT2D eigenvalue weighted by Gasteiger charge is 2.17. The normalized spacial score (nSPS) is 12.2. The van der Waals surface area contributed by atoms with Gasteiger partial charge >= 0.3 is 0 Å². The molecule has 0 aliphatic carbocycles. The van der Waals surface area contributed by atoms with Gasteiger partial charge in [-0.25, -0.2) is 9.97 Å². The summed E-state index contributed by atoms with van der Waals surface area (Å²) in [4.78, 5) is 17.9. The maximum atomic E-state index is 5.31. The van der Waals surface area contributed by atoms with E-state index in [0.717, 1.165) is 82.7 Å². The molecule has 8 bridgehead atoms. The van der Waals surface area contributed by atoms with Crippen molar-refractivity contribution in [2.24, 2.45) is 0 Å². The maximum absolute atomic E-state index is 5.31. The number of nitrogens with zero attached hydrogens (tertiary/aromatic N) is 2. The van der Waals surface area contributed by atoms with Crippen LogP contribution < -0.4 is 0 Å². The predicted octanol–water partition coefficient (Wildman–Crippen LogP) is 11.0. The third-order valence-electron chi connectivity index (χ3n) is 8.43. The highest BCUT2D eigenvalue weighted by Crippen LogP contribution is 2.37. The summed E-state index contributed by atoms with van der Waals surface area (Å²) in [6.45, 7) is 4.22. The van der Waals surface area contributed by atoms with Crippen LogP contribution in [0.5, 0.6) is 0 Å². The van der Waals surface area contributed by atoms with E-state index in [9.17, 15) is 0 Å². The molecular formula is C40H29BrN4. The molecule has 45 heavy (non-hydrogen) atoms. The zero-order valence-corrected chi connectivity index (χ0v) is 26.5. The highest BCUT2D eigenvalue weighted by molar-refractivity contribution is 9.10. The van der Waals surface area contributed by atoms with Gasteiger partial charge in [-0.2, -0.15) is 0 Å². The smallest absolute Gasteiger partial charge is 0.0801 e. The molecule has 2 aliphatic heterocycles. The van der Waals surface area contributed by atoms with E-state index in [1.807, 2.05) is 6.07 Å². The first kappa shape index (κ1) is 27.3. The van der Waals surface area contributed by atoms with Gasteiger partial charge in [0.1, 0.15) is 0 Å². The standard InChI is InChI=1S/C40H29BrN4/c1-24-8-12-27(13-9-24)38-31-18-16-29(42-31)37(26-6-4-3-5-7-26)30-17-19-32(43-30)39(28-14-10-25(2)11-15-28)34-21-23-36(45-34)40(41)35-22-20-33(38)44-35/h3-23,42,45H,1-2H3. The zero-order valence-electron chi connectivity index (χ0n) is 24.9. The summed E-state index contributed by atoms with van der Waals surface area (Å²) in [5.74, 6) is 0. The molecule has 0 fully saturated rings. The van der Waals surface area contributed by atoms with Gasteiger partial charge in [-0.1, -0.05) is 90.0 Å². The summed E-state index contributed by atoms with van der Waals surface area (Å²) in [5, 5.41) is 0. The molecule has 0 unspecified atom stereocenters. The Morgan fingerprint density at radius 1 is 0.422 bits per heavy atom. The fourth-order valence-electron chi connectivity index (χ4n) is 6.13. The minimum absolute atomic E-state index is 0.865. The Kier molecular flexibility index (Phi) is 6.69. The first-order valence-corrected chi connectivity index (χ1v) is 15.8. The fraction of sp³-hybridized carbons (Fsp3) is 0.0500. The summed E-state index contributed by atoms with van der Waals surface area (Å²) in [6.07, 6.45) is 8.44. The van der Waals surface area contributed by atoms with Gasteiger partial charge in [0.25, 0.3) is 0 Å². The highest BCUT2D eigenvalue weighted by atomic mass is 79.9. The lowest BCUT2D eigenvalue weighted by atomic mass is 10.0. The number of aryl methyl sites for hydroxylation is 2. The Morgan fingerprint density at radius 2 is 0.800 bits per heavy atom. The van der Waals surface area contributed by atoms with E-state index in [2.05, 4.69) is 161 Å². The average molecular weight is 646 g/mol. The minimum Gasteiger partial charge on any atom is -0.354 e. The van der Waals surface area contributed by atoms with E-state index in [0.29, 0.717) is 0 Å². The second kappa shape index (κ2) is 11.0. The Bertz CT molecular complexity index is 2280. The van der Waals surface area contributed by atoms with Gasteiger partial charge in [-0.05, 0) is 95.0 Å². The van der Waals surface area contributed by atoms with Crippen LogP contribution in [0.2, 0.25) is 0 Å². The molecule has 0 saturated carbocycles. The largest absolute Gasteiger partial charge is 0.354 e. The van der Waals surface area contributed by atoms with E-state index in [4.69, 9.17) is 9.97 Å². The van der Waals surface area contributed by atoms with Gasteiger partial charge in [-0.15, -0.1) is 0 Å². The van der Waals surface area contributed by atoms with Crippen LogP contribution in [-0.4, -0.2) is 19.9 Å². The second-order valence-corrected chi connectivity index (χ2v) is 12.3. The number of rotatable bonds is 3. The summed E-state index contributed by atoms with van der Waals surface area (Å²) in [5.41, 5.74) is 16.4. The number of nitrogens with one attached hydrogen (secondary N) is 2. The Labute approximate surface area is 270 Å². The molecule has 2 N–H and O–H groups in total. The molecule has 8 rings (SSSR count). The molecule has 4 nitrogen and oxygen atoms in total. The third kappa shape index (κ3) is 4.95. The predicted molar refractivity (Wildman–Crippen MR) is 192 cm³/mol. The molecule has 3 aromatic heterocycles. The van der Waals surface area contributed by atoms with Crippen LogP contribution in [0.15, 0.2) is 108 Å². The Hall–Kier alpha value is -5.26. The minimum atomic E-state index is 0.865. The van der Waals surface area contributed by atoms with Crippen molar-refractivity contribution >= 4 is 62.3 Å². The van der Waals surface area contributed by atoms with E-state index in [1.165, 1.54) is 11.1 Å². The molecule has 0 spiro atoms.